The molecular formula is C8H9FmN2O-. The molecule has 0 spiro atoms. The number of nitrogen functional groups attached to an aromatic ring is 1. The summed E-state index contributed by atoms with van der Waals surface area (Å²) in [5.41, 5.74) is 7.80. The third-order valence-electron chi connectivity index (χ3n) is 1.45. The molecule has 0 aliphatic carbocycles. The van der Waals surface area contributed by atoms with Crippen LogP contribution in [-0.2, 0) is 4.79 Å². The van der Waals surface area contributed by atoms with Gasteiger partial charge in [-0.2, -0.15) is 0 Å². The van der Waals surface area contributed by atoms with Gasteiger partial charge in [-0.1, -0.05) is 19.1 Å². The maximum absolute atomic E-state index is 9.96. The number of aryl methyl sites for hydroxylation is 1. The Morgan fingerprint density at radius 3 is 2.75 bits per heavy atom. The molecule has 1 rings (SSSR count). The Labute approximate surface area is 65.2 Å². The van der Waals surface area contributed by atoms with Gasteiger partial charge < -0.3 is 15.8 Å². The fourth-order valence-electron chi connectivity index (χ4n) is 0.829. The van der Waals surface area contributed by atoms with E-state index in [0.717, 1.165) is 5.56 Å². The van der Waals surface area contributed by atoms with Gasteiger partial charge in [0.05, 0.1) is 6.41 Å². The number of hydrogen-bond acceptors (Lipinski definition) is 2. The van der Waals surface area contributed by atoms with Crippen LogP contribution in [0, 0.1) is 6.92 Å². The van der Waals surface area contributed by atoms with Crippen molar-refractivity contribution in [2.75, 3.05) is 11.1 Å². The van der Waals surface area contributed by atoms with E-state index in [2.05, 4.69) is 5.32 Å². The summed E-state index contributed by atoms with van der Waals surface area (Å²) < 4.78 is 0. The average molecular weight is 406 g/mol. The number of nitrogens with one attached hydrogen (secondary N) is 1. The molecule has 1 aromatic rings. The van der Waals surface area contributed by atoms with Gasteiger partial charge in [0.1, 0.15) is 0 Å². The van der Waals surface area contributed by atoms with E-state index in [1.807, 2.05) is 13.0 Å². The van der Waals surface area contributed by atoms with Crippen LogP contribution in [-0.4, -0.2) is 6.41 Å². The SMILES string of the molecule is Cc1ccc(N)cc1N[C-]=O.[Fm]. The average Bonchev–Trinajstić information content (AvgIpc) is 1.98. The summed E-state index contributed by atoms with van der Waals surface area (Å²) >= 11 is 0. The quantitative estimate of drug-likeness (QED) is 0.439. The minimum absolute atomic E-state index is 0. The zero-order valence-corrected chi connectivity index (χ0v) is 8.91. The van der Waals surface area contributed by atoms with Crippen LogP contribution in [0.25, 0.3) is 0 Å². The van der Waals surface area contributed by atoms with Gasteiger partial charge in [-0.25, -0.2) is 0 Å². The van der Waals surface area contributed by atoms with Crippen LogP contribution in [0.3, 0.4) is 0 Å². The molecule has 3 N–H and O–H groups in total. The van der Waals surface area contributed by atoms with Crippen LogP contribution < -0.4 is 11.1 Å². The van der Waals surface area contributed by atoms with Crippen LogP contribution in [0.1, 0.15) is 5.56 Å². The first-order valence-corrected chi connectivity index (χ1v) is 3.23. The molecule has 0 aliphatic heterocycles. The second-order valence-electron chi connectivity index (χ2n) is 2.30. The van der Waals surface area contributed by atoms with E-state index >= 15 is 0 Å². The van der Waals surface area contributed by atoms with Gasteiger partial charge in [0.15, 0.2) is 0 Å². The van der Waals surface area contributed by atoms with Crippen molar-refractivity contribution in [2.45, 2.75) is 6.92 Å². The fourth-order valence-corrected chi connectivity index (χ4v) is 0.829. The van der Waals surface area contributed by atoms with E-state index < -0.39 is 0 Å². The smallest absolute Gasteiger partial charge is 0.0692 e. The van der Waals surface area contributed by atoms with Crippen LogP contribution >= 0.6 is 0 Å². The molecule has 0 atom stereocenters. The van der Waals surface area contributed by atoms with E-state index in [-0.39, 0.29) is 0 Å². The Bertz CT molecular complexity index is 276. The second kappa shape index (κ2) is 3.61. The van der Waals surface area contributed by atoms with Crippen molar-refractivity contribution in [2.24, 2.45) is 0 Å². The summed E-state index contributed by atoms with van der Waals surface area (Å²) in [6.07, 6.45) is 1.60. The molecule has 0 saturated carbocycles. The van der Waals surface area contributed by atoms with Crippen molar-refractivity contribution in [3.8, 4) is 0 Å². The summed E-state index contributed by atoms with van der Waals surface area (Å²) in [6, 6.07) is 5.32. The molecule has 0 aliphatic rings. The Hall–Kier alpha value is -2.51. The van der Waals surface area contributed by atoms with Crippen molar-refractivity contribution in [1.29, 1.82) is 0 Å². The van der Waals surface area contributed by atoms with Gasteiger partial charge in [-0.15, -0.1) is 11.3 Å². The van der Waals surface area contributed by atoms with Gasteiger partial charge >= 0.3 is 0 Å². The molecule has 0 saturated heterocycles. The Morgan fingerprint density at radius 1 is 1.50 bits per heavy atom. The molecule has 0 heterocycles. The predicted octanol–water partition coefficient (Wildman–Crippen LogP) is 1.06. The minimum atomic E-state index is 0. The van der Waals surface area contributed by atoms with Crippen molar-refractivity contribution in [3.63, 3.8) is 0 Å². The van der Waals surface area contributed by atoms with Crippen LogP contribution in [0.5, 0.6) is 0 Å². The van der Waals surface area contributed by atoms with Gasteiger partial charge in [0.25, 0.3) is 0 Å². The molecule has 12 heavy (non-hydrogen) atoms. The van der Waals surface area contributed by atoms with Crippen LogP contribution in [0.4, 0.5) is 11.4 Å². The normalized spacial score (nSPS) is 8.42. The molecule has 0 bridgehead atoms. The largest absolute Gasteiger partial charge is 0.490 e. The molecule has 0 radical (unpaired) electrons. The van der Waals surface area contributed by atoms with Gasteiger partial charge in [-0.3, -0.25) is 0 Å². The Kier molecular flexibility index (Phi) is 2.85. The first-order chi connectivity index (χ1) is 5.24. The standard InChI is InChI=1S/C8H9N2O.Fm/c1-6-2-3-7(9)4-8(6)10-5-11;/h2-4H,9H2,1H3,(H,10,11);/q-1;. The molecule has 0 fully saturated rings. The molecule has 4 heteroatoms. The van der Waals surface area contributed by atoms with E-state index in [0.29, 0.717) is 11.4 Å². The Morgan fingerprint density at radius 2 is 2.17 bits per heavy atom. The third kappa shape index (κ3) is 1.73. The van der Waals surface area contributed by atoms with Crippen LogP contribution in [0.15, 0.2) is 18.2 Å². The topological polar surface area (TPSA) is 55.1 Å². The summed E-state index contributed by atoms with van der Waals surface area (Å²) in [7, 11) is 0. The molecule has 70 valence electrons. The van der Waals surface area contributed by atoms with E-state index in [4.69, 9.17) is 5.73 Å². The zero-order chi connectivity index (χ0) is 8.27. The molecule has 1 amide bonds. The molecule has 3 nitrogen and oxygen atoms in total. The summed E-state index contributed by atoms with van der Waals surface area (Å²) in [6.45, 7) is 1.89. The summed E-state index contributed by atoms with van der Waals surface area (Å²) in [5, 5.41) is 2.43. The third-order valence-corrected chi connectivity index (χ3v) is 1.45. The Balaban J connectivity index is 0.00000121. The number of nitrogens with two attached hydrogens (primary N) is 1. The van der Waals surface area contributed by atoms with Gasteiger partial charge in [0.2, 0.25) is 0 Å². The van der Waals surface area contributed by atoms with Crippen molar-refractivity contribution < 1.29 is 4.79 Å². The predicted molar refractivity (Wildman–Crippen MR) is 44.9 cm³/mol. The number of anilines is 2. The molecule has 1 aromatic carbocycles. The van der Waals surface area contributed by atoms with E-state index in [1.54, 1.807) is 18.5 Å². The number of rotatable bonds is 2. The zero-order valence-electron chi connectivity index (χ0n) is 6.51. The fraction of sp³-hybridized carbons (Fsp3) is 0.125. The number of amides is 1. The molecular weight excluding hydrogens is 397 g/mol. The van der Waals surface area contributed by atoms with Crippen molar-refractivity contribution in [1.82, 2.24) is 0 Å². The van der Waals surface area contributed by atoms with E-state index in [1.165, 1.54) is 0 Å². The maximum atomic E-state index is 9.96. The molecule has 0 unspecified atom stereocenters. The summed E-state index contributed by atoms with van der Waals surface area (Å²) in [5.74, 6) is 0. The van der Waals surface area contributed by atoms with E-state index in [9.17, 15) is 4.79 Å². The number of carbonyl (C=O) groups excluding carboxylic acids is 1. The van der Waals surface area contributed by atoms with Crippen LogP contribution in [0.2, 0.25) is 0 Å². The van der Waals surface area contributed by atoms with Crippen molar-refractivity contribution in [3.05, 3.63) is 23.8 Å². The van der Waals surface area contributed by atoms with Crippen molar-refractivity contribution >= 4 is 17.8 Å². The number of hydrogen-bond donors (Lipinski definition) is 2. The summed E-state index contributed by atoms with van der Waals surface area (Å²) in [4.78, 5) is 9.96. The minimum Gasteiger partial charge on any atom is -0.490 e. The molecule has 0 aromatic heterocycles. The van der Waals surface area contributed by atoms with Gasteiger partial charge in [0, 0.05) is 5.69 Å². The first-order valence-electron chi connectivity index (χ1n) is 3.23. The number of benzene rings is 1. The monoisotopic (exact) mass is 406 g/mol. The van der Waals surface area contributed by atoms with Gasteiger partial charge in [-0.05, 0) is 6.07 Å². The first kappa shape index (κ1) is 9.49. The maximum Gasteiger partial charge on any atom is 0.0692 e. The second-order valence-corrected chi connectivity index (χ2v) is 2.30.